The topological polar surface area (TPSA) is 49.8 Å². The van der Waals surface area contributed by atoms with E-state index in [-0.39, 0.29) is 11.1 Å². The number of nitriles is 1. The summed E-state index contributed by atoms with van der Waals surface area (Å²) in [5.41, 5.74) is 9.50. The van der Waals surface area contributed by atoms with Crippen LogP contribution in [0.1, 0.15) is 59.2 Å². The molecule has 2 aliphatic rings. The predicted octanol–water partition coefficient (Wildman–Crippen LogP) is 8.97. The van der Waals surface area contributed by atoms with Gasteiger partial charge in [0, 0.05) is 18.7 Å². The number of aryl methyl sites for hydroxylation is 3. The smallest absolute Gasteiger partial charge is 0.269 e. The zero-order valence-electron chi connectivity index (χ0n) is 25.8. The van der Waals surface area contributed by atoms with E-state index in [1.165, 1.54) is 16.7 Å². The molecule has 5 nitrogen and oxygen atoms in total. The van der Waals surface area contributed by atoms with E-state index in [4.69, 9.17) is 16.0 Å². The first-order chi connectivity index (χ1) is 20.6. The Kier molecular flexibility index (Phi) is 8.29. The predicted molar refractivity (Wildman–Crippen MR) is 174 cm³/mol. The summed E-state index contributed by atoms with van der Waals surface area (Å²) >= 11 is 0. The highest BCUT2D eigenvalue weighted by atomic mass is 16.5. The normalized spacial score (nSPS) is 16.8. The quantitative estimate of drug-likeness (QED) is 0.220. The van der Waals surface area contributed by atoms with Crippen LogP contribution in [0.25, 0.3) is 16.7 Å². The fourth-order valence-corrected chi connectivity index (χ4v) is 6.11. The van der Waals surface area contributed by atoms with E-state index in [2.05, 4.69) is 92.9 Å². The Morgan fingerprint density at radius 2 is 1.79 bits per heavy atom. The monoisotopic (exact) mass is 567 g/mol. The Hall–Kier alpha value is -5.00. The van der Waals surface area contributed by atoms with Crippen molar-refractivity contribution in [3.8, 4) is 11.8 Å². The van der Waals surface area contributed by atoms with Crippen LogP contribution in [0.5, 0.6) is 5.75 Å². The minimum absolute atomic E-state index is 0.0239. The second-order valence-corrected chi connectivity index (χ2v) is 12.0. The molecule has 0 saturated heterocycles. The first-order valence-corrected chi connectivity index (χ1v) is 14.5. The standard InChI is InChI=1S/C38H37N3O2/c1-25-17-26(2)36(27(3)18-25)34-22-30(33(23-39)40-6)21-31(43-34)14-13-29-19-32-37(35(20-29)42-7)41(16-15-38(32,4)5)24-28-11-9-8-10-12-28/h8-14,17-22H,15-16,24H2,1-5,7H3/b14-13+,33-30+. The molecule has 0 N–H and O–H groups in total. The van der Waals surface area contributed by atoms with Crippen LogP contribution in [-0.2, 0) is 16.7 Å². The van der Waals surface area contributed by atoms with Crippen molar-refractivity contribution in [1.82, 2.24) is 0 Å². The summed E-state index contributed by atoms with van der Waals surface area (Å²) in [5, 5.41) is 9.65. The summed E-state index contributed by atoms with van der Waals surface area (Å²) in [6, 6.07) is 21.1. The van der Waals surface area contributed by atoms with Gasteiger partial charge in [0.1, 0.15) is 17.3 Å². The molecule has 0 radical (unpaired) electrons. The van der Waals surface area contributed by atoms with Crippen molar-refractivity contribution in [2.45, 2.75) is 53.0 Å². The lowest BCUT2D eigenvalue weighted by Gasteiger charge is -2.41. The maximum absolute atomic E-state index is 9.65. The van der Waals surface area contributed by atoms with E-state index in [1.807, 2.05) is 24.3 Å². The SMILES string of the molecule is [C-]#[N+]/C(C#N)=C1C=C(/C=C/c2cc(OC)c3c(c2)C(C)(C)CCN3Cc2ccccc2)OC(c2c(C)cc(C)cc2C)=C\1. The molecule has 3 aromatic carbocycles. The van der Waals surface area contributed by atoms with Gasteiger partial charge in [0.05, 0.1) is 25.4 Å². The molecule has 2 heterocycles. The van der Waals surface area contributed by atoms with E-state index in [0.29, 0.717) is 17.1 Å². The third-order valence-corrected chi connectivity index (χ3v) is 8.25. The molecule has 0 fully saturated rings. The number of allylic oxidation sites excluding steroid dienone is 5. The minimum atomic E-state index is -0.0239. The summed E-state index contributed by atoms with van der Waals surface area (Å²) in [5.74, 6) is 2.03. The average molecular weight is 568 g/mol. The lowest BCUT2D eigenvalue weighted by molar-refractivity contribution is 0.396. The number of anilines is 1. The molecule has 216 valence electrons. The van der Waals surface area contributed by atoms with Gasteiger partial charge in [0.25, 0.3) is 5.70 Å². The van der Waals surface area contributed by atoms with Gasteiger partial charge in [0.2, 0.25) is 0 Å². The van der Waals surface area contributed by atoms with Crippen molar-refractivity contribution in [3.63, 3.8) is 0 Å². The van der Waals surface area contributed by atoms with Crippen molar-refractivity contribution >= 4 is 17.5 Å². The Balaban J connectivity index is 1.54. The molecule has 0 aromatic heterocycles. The maximum Gasteiger partial charge on any atom is 0.269 e. The van der Waals surface area contributed by atoms with Crippen molar-refractivity contribution in [3.05, 3.63) is 140 Å². The highest BCUT2D eigenvalue weighted by molar-refractivity contribution is 5.75. The number of hydrogen-bond donors (Lipinski definition) is 0. The Bertz CT molecular complexity index is 1740. The molecule has 2 aliphatic heterocycles. The van der Waals surface area contributed by atoms with Crippen LogP contribution in [0.3, 0.4) is 0 Å². The summed E-state index contributed by atoms with van der Waals surface area (Å²) in [4.78, 5) is 5.89. The molecule has 0 atom stereocenters. The second kappa shape index (κ2) is 12.1. The number of hydrogen-bond acceptors (Lipinski definition) is 4. The number of rotatable bonds is 6. The first kappa shape index (κ1) is 29.5. The fraction of sp³-hybridized carbons (Fsp3) is 0.263. The molecule has 3 aromatic rings. The van der Waals surface area contributed by atoms with E-state index >= 15 is 0 Å². The molecular weight excluding hydrogens is 530 g/mol. The molecular formula is C38H37N3O2. The summed E-state index contributed by atoms with van der Waals surface area (Å²) in [6.07, 6.45) is 8.51. The molecule has 0 aliphatic carbocycles. The number of methoxy groups -OCH3 is 1. The summed E-state index contributed by atoms with van der Waals surface area (Å²) in [6.45, 7) is 20.1. The van der Waals surface area contributed by atoms with Gasteiger partial charge >= 0.3 is 0 Å². The van der Waals surface area contributed by atoms with Gasteiger partial charge in [-0.05, 0) is 96.4 Å². The third kappa shape index (κ3) is 6.13. The Labute approximate surface area is 255 Å². The van der Waals surface area contributed by atoms with Gasteiger partial charge in [-0.3, -0.25) is 0 Å². The maximum atomic E-state index is 9.65. The number of nitrogens with zero attached hydrogens (tertiary/aromatic N) is 3. The molecule has 5 rings (SSSR count). The number of fused-ring (bicyclic) bond motifs is 1. The highest BCUT2D eigenvalue weighted by Crippen LogP contribution is 2.46. The van der Waals surface area contributed by atoms with Crippen molar-refractivity contribution in [1.29, 1.82) is 5.26 Å². The molecule has 43 heavy (non-hydrogen) atoms. The first-order valence-electron chi connectivity index (χ1n) is 14.5. The van der Waals surface area contributed by atoms with Crippen LogP contribution < -0.4 is 9.64 Å². The number of ether oxygens (including phenoxy) is 2. The van der Waals surface area contributed by atoms with Gasteiger partial charge in [0.15, 0.2) is 0 Å². The van der Waals surface area contributed by atoms with Crippen LogP contribution in [0, 0.1) is 38.7 Å². The zero-order chi connectivity index (χ0) is 30.7. The molecule has 0 bridgehead atoms. The van der Waals surface area contributed by atoms with Gasteiger partial charge in [-0.15, -0.1) is 0 Å². The van der Waals surface area contributed by atoms with E-state index in [0.717, 1.165) is 53.2 Å². The van der Waals surface area contributed by atoms with E-state index in [1.54, 1.807) is 19.3 Å². The zero-order valence-corrected chi connectivity index (χ0v) is 25.8. The van der Waals surface area contributed by atoms with Crippen molar-refractivity contribution in [2.75, 3.05) is 18.6 Å². The van der Waals surface area contributed by atoms with E-state index < -0.39 is 0 Å². The van der Waals surface area contributed by atoms with Crippen molar-refractivity contribution in [2.24, 2.45) is 0 Å². The average Bonchev–Trinajstić information content (AvgIpc) is 2.98. The van der Waals surface area contributed by atoms with E-state index in [9.17, 15) is 5.26 Å². The van der Waals surface area contributed by atoms with Crippen molar-refractivity contribution < 1.29 is 9.47 Å². The largest absolute Gasteiger partial charge is 0.495 e. The van der Waals surface area contributed by atoms with Gasteiger partial charge in [-0.2, -0.15) is 0 Å². The van der Waals surface area contributed by atoms with Crippen LogP contribution >= 0.6 is 0 Å². The third-order valence-electron chi connectivity index (χ3n) is 8.25. The lowest BCUT2D eigenvalue weighted by Crippen LogP contribution is -2.37. The van der Waals surface area contributed by atoms with Crippen LogP contribution in [0.4, 0.5) is 5.69 Å². The summed E-state index contributed by atoms with van der Waals surface area (Å²) < 4.78 is 12.4. The minimum Gasteiger partial charge on any atom is -0.495 e. The lowest BCUT2D eigenvalue weighted by atomic mass is 9.76. The Morgan fingerprint density at radius 1 is 1.07 bits per heavy atom. The van der Waals surface area contributed by atoms with Gasteiger partial charge < -0.3 is 14.4 Å². The molecule has 5 heteroatoms. The highest BCUT2D eigenvalue weighted by Gasteiger charge is 2.34. The molecule has 0 amide bonds. The van der Waals surface area contributed by atoms with Gasteiger partial charge in [-0.1, -0.05) is 68.0 Å². The second-order valence-electron chi connectivity index (χ2n) is 12.0. The van der Waals surface area contributed by atoms with Crippen LogP contribution in [-0.4, -0.2) is 13.7 Å². The van der Waals surface area contributed by atoms with Gasteiger partial charge in [-0.25, -0.2) is 10.1 Å². The Morgan fingerprint density at radius 3 is 2.44 bits per heavy atom. The number of benzene rings is 3. The van der Waals surface area contributed by atoms with Crippen LogP contribution in [0.2, 0.25) is 0 Å². The van der Waals surface area contributed by atoms with Crippen LogP contribution in [0.15, 0.2) is 89.9 Å². The summed E-state index contributed by atoms with van der Waals surface area (Å²) in [7, 11) is 1.73. The molecule has 0 unspecified atom stereocenters. The fourth-order valence-electron chi connectivity index (χ4n) is 6.11. The molecule has 0 saturated carbocycles. The molecule has 0 spiro atoms.